The smallest absolute Gasteiger partial charge is 0.166 e. The fourth-order valence-corrected chi connectivity index (χ4v) is 3.65. The number of hydrogen-bond acceptors (Lipinski definition) is 2. The maximum atomic E-state index is 12.9. The van der Waals surface area contributed by atoms with E-state index in [4.69, 9.17) is 4.74 Å². The monoisotopic (exact) mass is 276 g/mol. The summed E-state index contributed by atoms with van der Waals surface area (Å²) in [7, 11) is 0. The van der Waals surface area contributed by atoms with E-state index in [0.717, 1.165) is 25.7 Å². The van der Waals surface area contributed by atoms with Crippen LogP contribution < -0.4 is 0 Å². The molecule has 1 aliphatic carbocycles. The average molecular weight is 276 g/mol. The molecule has 3 heteroatoms. The van der Waals surface area contributed by atoms with Crippen molar-refractivity contribution in [2.24, 2.45) is 5.92 Å². The minimum atomic E-state index is -0.294. The van der Waals surface area contributed by atoms with Crippen LogP contribution in [0.15, 0.2) is 24.3 Å². The quantitative estimate of drug-likeness (QED) is 0.759. The molecule has 1 unspecified atom stereocenters. The van der Waals surface area contributed by atoms with Gasteiger partial charge in [0.05, 0.1) is 5.60 Å². The molecule has 2 nitrogen and oxygen atoms in total. The van der Waals surface area contributed by atoms with Crippen molar-refractivity contribution in [2.45, 2.75) is 50.5 Å². The Hall–Kier alpha value is -1.22. The first-order chi connectivity index (χ1) is 9.69. The zero-order chi connectivity index (χ0) is 14.0. The van der Waals surface area contributed by atoms with Gasteiger partial charge in [0, 0.05) is 18.1 Å². The largest absolute Gasteiger partial charge is 0.375 e. The third-order valence-electron chi connectivity index (χ3n) is 4.76. The lowest BCUT2D eigenvalue weighted by atomic mass is 9.74. The van der Waals surface area contributed by atoms with Gasteiger partial charge in [-0.1, -0.05) is 19.3 Å². The van der Waals surface area contributed by atoms with Crippen LogP contribution in [0, 0.1) is 11.7 Å². The number of carbonyl (C=O) groups excluding carboxylic acids is 1. The Morgan fingerprint density at radius 1 is 1.15 bits per heavy atom. The van der Waals surface area contributed by atoms with Crippen LogP contribution in [0.5, 0.6) is 0 Å². The van der Waals surface area contributed by atoms with Gasteiger partial charge in [-0.25, -0.2) is 4.39 Å². The lowest BCUT2D eigenvalue weighted by Crippen LogP contribution is -2.43. The summed E-state index contributed by atoms with van der Waals surface area (Å²) in [6.45, 7) is 0.678. The molecule has 1 spiro atoms. The van der Waals surface area contributed by atoms with E-state index in [9.17, 15) is 9.18 Å². The van der Waals surface area contributed by atoms with Crippen LogP contribution in [0.1, 0.15) is 55.3 Å². The minimum absolute atomic E-state index is 0.0345. The molecule has 1 aromatic rings. The number of ketones is 1. The van der Waals surface area contributed by atoms with E-state index in [0.29, 0.717) is 12.2 Å². The fourth-order valence-electron chi connectivity index (χ4n) is 3.65. The van der Waals surface area contributed by atoms with Gasteiger partial charge in [-0.2, -0.15) is 0 Å². The minimum Gasteiger partial charge on any atom is -0.375 e. The first kappa shape index (κ1) is 13.7. The van der Waals surface area contributed by atoms with Crippen molar-refractivity contribution in [3.05, 3.63) is 35.6 Å². The van der Waals surface area contributed by atoms with Gasteiger partial charge in [0.1, 0.15) is 5.82 Å². The zero-order valence-electron chi connectivity index (χ0n) is 11.7. The molecule has 0 bridgehead atoms. The molecule has 3 rings (SSSR count). The summed E-state index contributed by atoms with van der Waals surface area (Å²) in [4.78, 5) is 12.6. The third-order valence-corrected chi connectivity index (χ3v) is 4.76. The van der Waals surface area contributed by atoms with Crippen LogP contribution >= 0.6 is 0 Å². The Bertz CT molecular complexity index is 469. The number of rotatable bonds is 2. The number of ether oxygens (including phenoxy) is 1. The number of hydrogen-bond donors (Lipinski definition) is 0. The standard InChI is InChI=1S/C17H21FO2/c18-15-6-4-13(5-7-15)16(19)14-8-11-20-17(12-14)9-2-1-3-10-17/h4-7,14H,1-3,8-12H2. The van der Waals surface area contributed by atoms with Crippen molar-refractivity contribution in [2.75, 3.05) is 6.61 Å². The van der Waals surface area contributed by atoms with Crippen LogP contribution in [0.4, 0.5) is 4.39 Å². The van der Waals surface area contributed by atoms with Crippen LogP contribution in [-0.4, -0.2) is 18.0 Å². The molecule has 108 valence electrons. The molecule has 1 saturated heterocycles. The van der Waals surface area contributed by atoms with Crippen LogP contribution in [0.25, 0.3) is 0 Å². The summed E-state index contributed by atoms with van der Waals surface area (Å²) in [5.41, 5.74) is 0.570. The highest BCUT2D eigenvalue weighted by Gasteiger charge is 2.40. The highest BCUT2D eigenvalue weighted by molar-refractivity contribution is 5.97. The molecule has 20 heavy (non-hydrogen) atoms. The van der Waals surface area contributed by atoms with Gasteiger partial charge in [0.25, 0.3) is 0 Å². The van der Waals surface area contributed by atoms with Gasteiger partial charge >= 0.3 is 0 Å². The van der Waals surface area contributed by atoms with Crippen molar-refractivity contribution in [3.8, 4) is 0 Å². The lowest BCUT2D eigenvalue weighted by molar-refractivity contribution is -0.111. The molecule has 0 N–H and O–H groups in total. The molecule has 1 saturated carbocycles. The number of halogens is 1. The Morgan fingerprint density at radius 2 is 1.85 bits per heavy atom. The Labute approximate surface area is 119 Å². The molecule has 0 aromatic heterocycles. The predicted octanol–water partition coefficient (Wildman–Crippen LogP) is 4.14. The van der Waals surface area contributed by atoms with Crippen LogP contribution in [0.2, 0.25) is 0 Å². The van der Waals surface area contributed by atoms with Crippen molar-refractivity contribution in [3.63, 3.8) is 0 Å². The second-order valence-electron chi connectivity index (χ2n) is 6.15. The summed E-state index contributed by atoms with van der Waals surface area (Å²) in [5.74, 6) is -0.108. The van der Waals surface area contributed by atoms with Crippen molar-refractivity contribution >= 4 is 5.78 Å². The summed E-state index contributed by atoms with van der Waals surface area (Å²) in [6.07, 6.45) is 7.48. The van der Waals surface area contributed by atoms with Crippen LogP contribution in [-0.2, 0) is 4.74 Å². The summed E-state index contributed by atoms with van der Waals surface area (Å²) < 4.78 is 19.0. The van der Waals surface area contributed by atoms with E-state index in [1.807, 2.05) is 0 Å². The molecule has 1 heterocycles. The Kier molecular flexibility index (Phi) is 3.88. The molecular weight excluding hydrogens is 255 g/mol. The van der Waals surface area contributed by atoms with Crippen molar-refractivity contribution in [1.82, 2.24) is 0 Å². The Balaban J connectivity index is 1.73. The van der Waals surface area contributed by atoms with Crippen molar-refractivity contribution in [1.29, 1.82) is 0 Å². The highest BCUT2D eigenvalue weighted by atomic mass is 19.1. The molecule has 1 aromatic carbocycles. The highest BCUT2D eigenvalue weighted by Crippen LogP contribution is 2.41. The van der Waals surface area contributed by atoms with Gasteiger partial charge in [0.2, 0.25) is 0 Å². The molecule has 1 atom stereocenters. The fraction of sp³-hybridized carbons (Fsp3) is 0.588. The Morgan fingerprint density at radius 3 is 2.55 bits per heavy atom. The van der Waals surface area contributed by atoms with E-state index in [-0.39, 0.29) is 23.1 Å². The first-order valence-electron chi connectivity index (χ1n) is 7.62. The summed E-state index contributed by atoms with van der Waals surface area (Å²) >= 11 is 0. The van der Waals surface area contributed by atoms with E-state index >= 15 is 0 Å². The van der Waals surface area contributed by atoms with Crippen LogP contribution in [0.3, 0.4) is 0 Å². The molecule has 1 aliphatic heterocycles. The topological polar surface area (TPSA) is 26.3 Å². The molecule has 0 radical (unpaired) electrons. The van der Waals surface area contributed by atoms with Gasteiger partial charge in [-0.15, -0.1) is 0 Å². The lowest BCUT2D eigenvalue weighted by Gasteiger charge is -2.43. The molecule has 2 fully saturated rings. The zero-order valence-corrected chi connectivity index (χ0v) is 11.7. The second kappa shape index (κ2) is 5.65. The predicted molar refractivity (Wildman–Crippen MR) is 75.2 cm³/mol. The first-order valence-corrected chi connectivity index (χ1v) is 7.62. The SMILES string of the molecule is O=C(c1ccc(F)cc1)C1CCOC2(CCCCC2)C1. The van der Waals surface area contributed by atoms with Gasteiger partial charge in [-0.05, 0) is 49.9 Å². The summed E-state index contributed by atoms with van der Waals surface area (Å²) in [5, 5.41) is 0. The molecular formula is C17H21FO2. The normalized spacial score (nSPS) is 25.6. The maximum Gasteiger partial charge on any atom is 0.166 e. The van der Waals surface area contributed by atoms with Gasteiger partial charge < -0.3 is 4.74 Å². The van der Waals surface area contributed by atoms with Gasteiger partial charge in [-0.3, -0.25) is 4.79 Å². The number of carbonyl (C=O) groups is 1. The van der Waals surface area contributed by atoms with E-state index in [1.54, 1.807) is 12.1 Å². The van der Waals surface area contributed by atoms with Gasteiger partial charge in [0.15, 0.2) is 5.78 Å². The maximum absolute atomic E-state index is 12.9. The third kappa shape index (κ3) is 2.78. The second-order valence-corrected chi connectivity index (χ2v) is 6.15. The van der Waals surface area contributed by atoms with E-state index in [2.05, 4.69) is 0 Å². The van der Waals surface area contributed by atoms with Crippen molar-refractivity contribution < 1.29 is 13.9 Å². The van der Waals surface area contributed by atoms with E-state index < -0.39 is 0 Å². The average Bonchev–Trinajstić information content (AvgIpc) is 2.48. The molecule has 0 amide bonds. The number of Topliss-reactive ketones (excluding diaryl/α,β-unsaturated/α-hetero) is 1. The van der Waals surface area contributed by atoms with E-state index in [1.165, 1.54) is 31.4 Å². The number of benzene rings is 1. The molecule has 2 aliphatic rings. The summed E-state index contributed by atoms with van der Waals surface area (Å²) in [6, 6.07) is 5.92.